The highest BCUT2D eigenvalue weighted by Gasteiger charge is 2.31. The molecule has 4 nitrogen and oxygen atoms in total. The number of piperidine rings is 1. The van der Waals surface area contributed by atoms with Crippen LogP contribution in [0.2, 0.25) is 0 Å². The molecule has 1 aliphatic rings. The molecular formula is C12H24N2O2. The maximum atomic E-state index is 12.3. The monoisotopic (exact) mass is 228 g/mol. The summed E-state index contributed by atoms with van der Waals surface area (Å²) in [6.45, 7) is 7.48. The summed E-state index contributed by atoms with van der Waals surface area (Å²) in [5.74, 6) is 0.525. The van der Waals surface area contributed by atoms with Crippen molar-refractivity contribution >= 4 is 5.91 Å². The third-order valence-corrected chi connectivity index (χ3v) is 3.28. The molecule has 0 radical (unpaired) electrons. The van der Waals surface area contributed by atoms with Crippen LogP contribution < -0.4 is 5.32 Å². The first-order chi connectivity index (χ1) is 7.57. The number of hydrogen-bond donors (Lipinski definition) is 2. The minimum atomic E-state index is -0.0669. The number of nitrogens with zero attached hydrogens (tertiary/aromatic N) is 1. The molecule has 0 aliphatic carbocycles. The quantitative estimate of drug-likeness (QED) is 0.741. The van der Waals surface area contributed by atoms with Gasteiger partial charge in [-0.05, 0) is 39.2 Å². The lowest BCUT2D eigenvalue weighted by atomic mass is 9.91. The molecule has 4 heteroatoms. The topological polar surface area (TPSA) is 52.6 Å². The second-order valence-electron chi connectivity index (χ2n) is 4.90. The van der Waals surface area contributed by atoms with E-state index in [0.717, 1.165) is 19.4 Å². The number of carbonyl (C=O) groups is 1. The van der Waals surface area contributed by atoms with E-state index in [1.54, 1.807) is 4.90 Å². The van der Waals surface area contributed by atoms with Gasteiger partial charge in [0.1, 0.15) is 0 Å². The maximum Gasteiger partial charge on any atom is 0.240 e. The third kappa shape index (κ3) is 3.19. The van der Waals surface area contributed by atoms with E-state index in [-0.39, 0.29) is 24.6 Å². The van der Waals surface area contributed by atoms with Gasteiger partial charge in [-0.25, -0.2) is 0 Å². The molecule has 0 aromatic heterocycles. The van der Waals surface area contributed by atoms with E-state index in [2.05, 4.69) is 12.2 Å². The molecule has 16 heavy (non-hydrogen) atoms. The second kappa shape index (κ2) is 6.21. The van der Waals surface area contributed by atoms with E-state index in [1.165, 1.54) is 0 Å². The Morgan fingerprint density at radius 1 is 1.56 bits per heavy atom. The van der Waals surface area contributed by atoms with Crippen molar-refractivity contribution in [1.29, 1.82) is 0 Å². The zero-order valence-corrected chi connectivity index (χ0v) is 10.6. The SMILES string of the molecule is CC1CCCNC1C(=O)N(CCO)C(C)C. The zero-order chi connectivity index (χ0) is 12.1. The fourth-order valence-electron chi connectivity index (χ4n) is 2.29. The standard InChI is InChI=1S/C12H24N2O2/c1-9(2)14(7-8-15)12(16)11-10(3)5-4-6-13-11/h9-11,13,15H,4-8H2,1-3H3. The van der Waals surface area contributed by atoms with Crippen LogP contribution in [0, 0.1) is 5.92 Å². The highest BCUT2D eigenvalue weighted by molar-refractivity contribution is 5.82. The smallest absolute Gasteiger partial charge is 0.240 e. The molecule has 1 heterocycles. The predicted molar refractivity (Wildman–Crippen MR) is 64.1 cm³/mol. The van der Waals surface area contributed by atoms with E-state index in [9.17, 15) is 4.79 Å². The summed E-state index contributed by atoms with van der Waals surface area (Å²) in [7, 11) is 0. The number of rotatable bonds is 4. The van der Waals surface area contributed by atoms with Crippen LogP contribution in [0.4, 0.5) is 0 Å². The van der Waals surface area contributed by atoms with Gasteiger partial charge in [0.2, 0.25) is 5.91 Å². The lowest BCUT2D eigenvalue weighted by Gasteiger charge is -2.35. The van der Waals surface area contributed by atoms with E-state index >= 15 is 0 Å². The average molecular weight is 228 g/mol. The molecule has 0 bridgehead atoms. The summed E-state index contributed by atoms with van der Waals surface area (Å²) < 4.78 is 0. The van der Waals surface area contributed by atoms with Crippen molar-refractivity contribution in [2.75, 3.05) is 19.7 Å². The number of carbonyl (C=O) groups excluding carboxylic acids is 1. The van der Waals surface area contributed by atoms with Crippen molar-refractivity contribution in [3.8, 4) is 0 Å². The molecule has 0 saturated carbocycles. The Labute approximate surface area is 98.0 Å². The van der Waals surface area contributed by atoms with Gasteiger partial charge in [0.05, 0.1) is 12.6 Å². The van der Waals surface area contributed by atoms with Crippen molar-refractivity contribution in [2.24, 2.45) is 5.92 Å². The van der Waals surface area contributed by atoms with Gasteiger partial charge >= 0.3 is 0 Å². The fraction of sp³-hybridized carbons (Fsp3) is 0.917. The van der Waals surface area contributed by atoms with Crippen molar-refractivity contribution in [3.05, 3.63) is 0 Å². The number of aliphatic hydroxyl groups is 1. The molecule has 1 rings (SSSR count). The fourth-order valence-corrected chi connectivity index (χ4v) is 2.29. The lowest BCUT2D eigenvalue weighted by Crippen LogP contribution is -2.54. The van der Waals surface area contributed by atoms with Crippen LogP contribution in [0.5, 0.6) is 0 Å². The van der Waals surface area contributed by atoms with Crippen molar-refractivity contribution in [2.45, 2.75) is 45.7 Å². The maximum absolute atomic E-state index is 12.3. The summed E-state index contributed by atoms with van der Waals surface area (Å²) >= 11 is 0. The van der Waals surface area contributed by atoms with E-state index in [1.807, 2.05) is 13.8 Å². The highest BCUT2D eigenvalue weighted by atomic mass is 16.3. The molecule has 0 aromatic carbocycles. The van der Waals surface area contributed by atoms with E-state index < -0.39 is 0 Å². The minimum absolute atomic E-state index is 0.0328. The number of amides is 1. The van der Waals surface area contributed by atoms with E-state index in [0.29, 0.717) is 12.5 Å². The first-order valence-electron chi connectivity index (χ1n) is 6.22. The second-order valence-corrected chi connectivity index (χ2v) is 4.90. The van der Waals surface area contributed by atoms with Crippen LogP contribution in [-0.2, 0) is 4.79 Å². The Kier molecular flexibility index (Phi) is 5.22. The number of hydrogen-bond acceptors (Lipinski definition) is 3. The van der Waals surface area contributed by atoms with Crippen LogP contribution in [0.25, 0.3) is 0 Å². The molecule has 1 amide bonds. The van der Waals surface area contributed by atoms with Crippen molar-refractivity contribution in [3.63, 3.8) is 0 Å². The highest BCUT2D eigenvalue weighted by Crippen LogP contribution is 2.18. The molecule has 2 atom stereocenters. The molecule has 0 spiro atoms. The van der Waals surface area contributed by atoms with Crippen LogP contribution >= 0.6 is 0 Å². The van der Waals surface area contributed by atoms with Gasteiger partial charge in [0, 0.05) is 12.6 Å². The van der Waals surface area contributed by atoms with Crippen LogP contribution in [0.1, 0.15) is 33.6 Å². The van der Waals surface area contributed by atoms with Gasteiger partial charge in [0.15, 0.2) is 0 Å². The van der Waals surface area contributed by atoms with Gasteiger partial charge in [-0.1, -0.05) is 6.92 Å². The molecule has 1 fully saturated rings. The van der Waals surface area contributed by atoms with Crippen molar-refractivity contribution < 1.29 is 9.90 Å². The molecule has 1 aliphatic heterocycles. The van der Waals surface area contributed by atoms with Gasteiger partial charge in [-0.15, -0.1) is 0 Å². The Morgan fingerprint density at radius 3 is 2.75 bits per heavy atom. The molecule has 1 saturated heterocycles. The van der Waals surface area contributed by atoms with Gasteiger partial charge < -0.3 is 15.3 Å². The summed E-state index contributed by atoms with van der Waals surface area (Å²) in [5.41, 5.74) is 0. The first-order valence-corrected chi connectivity index (χ1v) is 6.22. The Morgan fingerprint density at radius 2 is 2.25 bits per heavy atom. The summed E-state index contributed by atoms with van der Waals surface area (Å²) in [5, 5.41) is 12.3. The summed E-state index contributed by atoms with van der Waals surface area (Å²) in [6, 6.07) is 0.0817. The number of aliphatic hydroxyl groups excluding tert-OH is 1. The molecular weight excluding hydrogens is 204 g/mol. The van der Waals surface area contributed by atoms with E-state index in [4.69, 9.17) is 5.11 Å². The summed E-state index contributed by atoms with van der Waals surface area (Å²) in [4.78, 5) is 14.1. The van der Waals surface area contributed by atoms with Crippen LogP contribution in [0.3, 0.4) is 0 Å². The molecule has 0 aromatic rings. The molecule has 94 valence electrons. The van der Waals surface area contributed by atoms with Crippen molar-refractivity contribution in [1.82, 2.24) is 10.2 Å². The molecule has 2 N–H and O–H groups in total. The predicted octanol–water partition coefficient (Wildman–Crippen LogP) is 0.604. The average Bonchev–Trinajstić information content (AvgIpc) is 2.25. The minimum Gasteiger partial charge on any atom is -0.395 e. The van der Waals surface area contributed by atoms with Gasteiger partial charge in [-0.3, -0.25) is 4.79 Å². The first kappa shape index (κ1) is 13.5. The normalized spacial score (nSPS) is 25.8. The van der Waals surface area contributed by atoms with Crippen LogP contribution in [-0.4, -0.2) is 47.7 Å². The Bertz CT molecular complexity index is 225. The van der Waals surface area contributed by atoms with Gasteiger partial charge in [0.25, 0.3) is 0 Å². The van der Waals surface area contributed by atoms with Crippen LogP contribution in [0.15, 0.2) is 0 Å². The Hall–Kier alpha value is -0.610. The third-order valence-electron chi connectivity index (χ3n) is 3.28. The molecule has 2 unspecified atom stereocenters. The Balaban J connectivity index is 2.65. The largest absolute Gasteiger partial charge is 0.395 e. The van der Waals surface area contributed by atoms with Gasteiger partial charge in [-0.2, -0.15) is 0 Å². The number of nitrogens with one attached hydrogen (secondary N) is 1. The lowest BCUT2D eigenvalue weighted by molar-refractivity contribution is -0.137. The zero-order valence-electron chi connectivity index (χ0n) is 10.6. The summed E-state index contributed by atoms with van der Waals surface area (Å²) in [6.07, 6.45) is 2.25.